The summed E-state index contributed by atoms with van der Waals surface area (Å²) in [7, 11) is 1.70. The summed E-state index contributed by atoms with van der Waals surface area (Å²) in [4.78, 5) is 25.8. The quantitative estimate of drug-likeness (QED) is 0.739. The van der Waals surface area contributed by atoms with Crippen LogP contribution in [0.3, 0.4) is 0 Å². The molecule has 0 atom stereocenters. The lowest BCUT2D eigenvalue weighted by Crippen LogP contribution is -2.36. The fourth-order valence-electron chi connectivity index (χ4n) is 2.56. The number of aryl methyl sites for hydroxylation is 2. The molecule has 0 spiro atoms. The first kappa shape index (κ1) is 19.1. The van der Waals surface area contributed by atoms with Gasteiger partial charge in [0, 0.05) is 19.3 Å². The molecular weight excluding hydrogens is 339 g/mol. The molecule has 2 rings (SSSR count). The van der Waals surface area contributed by atoms with E-state index in [1.165, 1.54) is 18.2 Å². The third kappa shape index (κ3) is 4.06. The molecule has 0 N–H and O–H groups in total. The number of para-hydroxylation sites is 1. The number of amides is 1. The topological polar surface area (TPSA) is 88.2 Å². The summed E-state index contributed by atoms with van der Waals surface area (Å²) >= 11 is 0. The van der Waals surface area contributed by atoms with Gasteiger partial charge < -0.3 is 9.64 Å². The average Bonchev–Trinajstić information content (AvgIpc) is 2.86. The van der Waals surface area contributed by atoms with Crippen LogP contribution in [0, 0.1) is 31.0 Å². The normalized spacial score (nSPS) is 10.3. The van der Waals surface area contributed by atoms with Crippen LogP contribution in [-0.2, 0) is 16.6 Å². The zero-order chi connectivity index (χ0) is 19.3. The van der Waals surface area contributed by atoms with Gasteiger partial charge in [0.1, 0.15) is 11.4 Å². The van der Waals surface area contributed by atoms with Crippen molar-refractivity contribution < 1.29 is 18.7 Å². The van der Waals surface area contributed by atoms with Crippen molar-refractivity contribution >= 4 is 17.6 Å². The van der Waals surface area contributed by atoms with E-state index >= 15 is 0 Å². The first-order valence-electron chi connectivity index (χ1n) is 7.96. The van der Waals surface area contributed by atoms with Gasteiger partial charge in [-0.15, -0.1) is 0 Å². The minimum absolute atomic E-state index is 0.00122. The van der Waals surface area contributed by atoms with Crippen LogP contribution in [0.25, 0.3) is 0 Å². The van der Waals surface area contributed by atoms with Crippen molar-refractivity contribution in [2.45, 2.75) is 20.3 Å². The number of carbonyl (C=O) groups is 2. The maximum absolute atomic E-state index is 14.0. The molecule has 0 aliphatic heterocycles. The zero-order valence-electron chi connectivity index (χ0n) is 14.8. The van der Waals surface area contributed by atoms with Gasteiger partial charge in [-0.25, -0.2) is 9.18 Å². The Morgan fingerprint density at radius 1 is 1.35 bits per heavy atom. The lowest BCUT2D eigenvalue weighted by molar-refractivity contribution is -0.121. The monoisotopic (exact) mass is 358 g/mol. The van der Waals surface area contributed by atoms with Crippen molar-refractivity contribution in [3.05, 3.63) is 47.0 Å². The molecule has 0 aliphatic rings. The molecule has 0 saturated heterocycles. The van der Waals surface area contributed by atoms with Crippen LogP contribution < -0.4 is 4.90 Å². The summed E-state index contributed by atoms with van der Waals surface area (Å²) in [6.07, 6.45) is 0.0227. The number of ether oxygens (including phenoxy) is 1. The molecule has 0 unspecified atom stereocenters. The van der Waals surface area contributed by atoms with Gasteiger partial charge in [0.2, 0.25) is 0 Å². The lowest BCUT2D eigenvalue weighted by atomic mass is 10.2. The maximum atomic E-state index is 14.0. The van der Waals surface area contributed by atoms with Gasteiger partial charge >= 0.3 is 5.97 Å². The third-order valence-corrected chi connectivity index (χ3v) is 3.93. The molecule has 0 radical (unpaired) electrons. The Hall–Kier alpha value is -3.21. The Morgan fingerprint density at radius 2 is 2.04 bits per heavy atom. The van der Waals surface area contributed by atoms with Crippen molar-refractivity contribution in [3.8, 4) is 6.07 Å². The van der Waals surface area contributed by atoms with E-state index in [1.807, 2.05) is 6.07 Å². The number of benzene rings is 1. The molecule has 1 aromatic heterocycles. The predicted molar refractivity (Wildman–Crippen MR) is 91.9 cm³/mol. The Bertz CT molecular complexity index is 870. The average molecular weight is 358 g/mol. The molecule has 26 heavy (non-hydrogen) atoms. The highest BCUT2D eigenvalue weighted by molar-refractivity contribution is 5.97. The summed E-state index contributed by atoms with van der Waals surface area (Å²) in [5.74, 6) is -1.88. The zero-order valence-corrected chi connectivity index (χ0v) is 14.8. The number of aromatic nitrogens is 2. The van der Waals surface area contributed by atoms with E-state index in [1.54, 1.807) is 31.6 Å². The number of esters is 1. The summed E-state index contributed by atoms with van der Waals surface area (Å²) in [5.41, 5.74) is 1.46. The molecule has 0 aliphatic carbocycles. The van der Waals surface area contributed by atoms with Crippen LogP contribution in [0.1, 0.15) is 28.2 Å². The highest BCUT2D eigenvalue weighted by atomic mass is 19.1. The van der Waals surface area contributed by atoms with Crippen LogP contribution in [0.4, 0.5) is 10.1 Å². The second-order valence-electron chi connectivity index (χ2n) is 5.65. The van der Waals surface area contributed by atoms with Gasteiger partial charge in [0.05, 0.1) is 23.9 Å². The first-order valence-corrected chi connectivity index (χ1v) is 7.96. The molecule has 1 heterocycles. The minimum Gasteiger partial charge on any atom is -0.452 e. The minimum atomic E-state index is -0.671. The lowest BCUT2D eigenvalue weighted by Gasteiger charge is -2.22. The van der Waals surface area contributed by atoms with E-state index in [0.29, 0.717) is 17.0 Å². The third-order valence-electron chi connectivity index (χ3n) is 3.93. The first-order chi connectivity index (χ1) is 12.4. The second-order valence-corrected chi connectivity index (χ2v) is 5.65. The summed E-state index contributed by atoms with van der Waals surface area (Å²) < 4.78 is 20.7. The van der Waals surface area contributed by atoms with Crippen LogP contribution >= 0.6 is 0 Å². The number of halogens is 1. The summed E-state index contributed by atoms with van der Waals surface area (Å²) in [6, 6.07) is 7.65. The molecule has 2 aromatic rings. The number of hydrogen-bond acceptors (Lipinski definition) is 5. The van der Waals surface area contributed by atoms with Crippen LogP contribution in [0.5, 0.6) is 0 Å². The van der Waals surface area contributed by atoms with Gasteiger partial charge in [0.25, 0.3) is 5.91 Å². The number of anilines is 1. The van der Waals surface area contributed by atoms with Crippen LogP contribution in [0.2, 0.25) is 0 Å². The van der Waals surface area contributed by atoms with Gasteiger partial charge in [-0.1, -0.05) is 12.1 Å². The van der Waals surface area contributed by atoms with Gasteiger partial charge in [0.15, 0.2) is 6.61 Å². The number of rotatable bonds is 6. The molecule has 0 saturated carbocycles. The van der Waals surface area contributed by atoms with Crippen molar-refractivity contribution in [2.24, 2.45) is 7.05 Å². The largest absolute Gasteiger partial charge is 0.452 e. The molecule has 136 valence electrons. The Balaban J connectivity index is 2.13. The van der Waals surface area contributed by atoms with Gasteiger partial charge in [-0.05, 0) is 26.0 Å². The molecule has 1 amide bonds. The van der Waals surface area contributed by atoms with Crippen LogP contribution in [0.15, 0.2) is 24.3 Å². The van der Waals surface area contributed by atoms with E-state index in [9.17, 15) is 14.0 Å². The fourth-order valence-corrected chi connectivity index (χ4v) is 2.56. The SMILES string of the molecule is Cc1nn(C)c(C)c1C(=O)OCC(=O)N(CCC#N)c1ccccc1F. The molecule has 0 bridgehead atoms. The van der Waals surface area contributed by atoms with E-state index in [0.717, 1.165) is 4.90 Å². The van der Waals surface area contributed by atoms with E-state index in [4.69, 9.17) is 10.00 Å². The van der Waals surface area contributed by atoms with Gasteiger partial charge in [-0.2, -0.15) is 10.4 Å². The number of hydrogen-bond donors (Lipinski definition) is 0. The Kier molecular flexibility index (Phi) is 6.07. The van der Waals surface area contributed by atoms with Crippen molar-refractivity contribution in [2.75, 3.05) is 18.1 Å². The molecule has 8 heteroatoms. The van der Waals surface area contributed by atoms with Gasteiger partial charge in [-0.3, -0.25) is 9.48 Å². The second kappa shape index (κ2) is 8.25. The summed E-state index contributed by atoms with van der Waals surface area (Å²) in [5, 5.41) is 12.9. The smallest absolute Gasteiger partial charge is 0.342 e. The summed E-state index contributed by atoms with van der Waals surface area (Å²) in [6.45, 7) is 2.83. The molecular formula is C18H19FN4O3. The van der Waals surface area contributed by atoms with Crippen molar-refractivity contribution in [1.29, 1.82) is 5.26 Å². The Morgan fingerprint density at radius 3 is 2.62 bits per heavy atom. The number of nitriles is 1. The van der Waals surface area contributed by atoms with Crippen molar-refractivity contribution in [1.82, 2.24) is 9.78 Å². The maximum Gasteiger partial charge on any atom is 0.342 e. The standard InChI is InChI=1S/C18H19FN4O3/c1-12-17(13(2)22(3)21-12)18(25)26-11-16(24)23(10-6-9-20)15-8-5-4-7-14(15)19/h4-5,7-8H,6,10-11H2,1-3H3. The molecule has 1 aromatic carbocycles. The Labute approximate surface area is 150 Å². The highest BCUT2D eigenvalue weighted by Crippen LogP contribution is 2.20. The van der Waals surface area contributed by atoms with E-state index in [2.05, 4.69) is 5.10 Å². The highest BCUT2D eigenvalue weighted by Gasteiger charge is 2.23. The van der Waals surface area contributed by atoms with E-state index in [-0.39, 0.29) is 18.7 Å². The number of carbonyl (C=O) groups excluding carboxylic acids is 2. The molecule has 0 fully saturated rings. The predicted octanol–water partition coefficient (Wildman–Crippen LogP) is 2.28. The molecule has 7 nitrogen and oxygen atoms in total. The van der Waals surface area contributed by atoms with Crippen molar-refractivity contribution in [3.63, 3.8) is 0 Å². The fraction of sp³-hybridized carbons (Fsp3) is 0.333. The van der Waals surface area contributed by atoms with E-state index < -0.39 is 24.3 Å². The van der Waals surface area contributed by atoms with Crippen LogP contribution in [-0.4, -0.2) is 34.8 Å². The number of nitrogens with zero attached hydrogens (tertiary/aromatic N) is 4.